The molecule has 3 atom stereocenters. The smallest absolute Gasteiger partial charge is 0.220 e. The average Bonchev–Trinajstić information content (AvgIpc) is 3.35. The molecule has 3 heterocycles. The molecule has 1 fully saturated rings. The van der Waals surface area contributed by atoms with Gasteiger partial charge in [-0.3, -0.25) is 4.79 Å². The van der Waals surface area contributed by atoms with E-state index in [4.69, 9.17) is 0 Å². The first-order valence-electron chi connectivity index (χ1n) is 9.70. The number of halogens is 1. The van der Waals surface area contributed by atoms with Crippen molar-refractivity contribution in [2.45, 2.75) is 43.7 Å². The number of H-pyrrole nitrogens is 1. The molecular formula is C22H24FN3O2S. The highest BCUT2D eigenvalue weighted by Gasteiger charge is 2.31. The first kappa shape index (κ1) is 19.8. The molecule has 152 valence electrons. The number of nitrogens with one attached hydrogen (secondary N) is 2. The highest BCUT2D eigenvalue weighted by Crippen LogP contribution is 2.39. The Hall–Kier alpha value is -2.51. The van der Waals surface area contributed by atoms with Crippen LogP contribution in [0.1, 0.15) is 38.3 Å². The first-order chi connectivity index (χ1) is 13.8. The van der Waals surface area contributed by atoms with Crippen LogP contribution in [0.4, 0.5) is 4.39 Å². The van der Waals surface area contributed by atoms with E-state index in [1.54, 1.807) is 6.07 Å². The van der Waals surface area contributed by atoms with Crippen LogP contribution in [-0.4, -0.2) is 32.5 Å². The van der Waals surface area contributed by atoms with Gasteiger partial charge in [0.1, 0.15) is 16.8 Å². The molecule has 2 aliphatic rings. The van der Waals surface area contributed by atoms with E-state index >= 15 is 0 Å². The number of carbonyl (C=O) groups excluding carboxylic acids is 1. The maximum Gasteiger partial charge on any atom is 0.220 e. The van der Waals surface area contributed by atoms with Gasteiger partial charge >= 0.3 is 0 Å². The first-order valence-corrected chi connectivity index (χ1v) is 10.8. The lowest BCUT2D eigenvalue weighted by atomic mass is 9.99. The topological polar surface area (TPSA) is 65.2 Å². The van der Waals surface area contributed by atoms with Gasteiger partial charge in [-0.25, -0.2) is 12.9 Å². The number of nitrogens with zero attached hydrogens (tertiary/aromatic N) is 1. The van der Waals surface area contributed by atoms with Crippen molar-refractivity contribution in [3.8, 4) is 11.1 Å². The summed E-state index contributed by atoms with van der Waals surface area (Å²) in [5.41, 5.74) is 3.96. The summed E-state index contributed by atoms with van der Waals surface area (Å²) in [4.78, 5) is 14.3. The van der Waals surface area contributed by atoms with Crippen LogP contribution in [-0.2, 0) is 15.8 Å². The van der Waals surface area contributed by atoms with Crippen LogP contribution < -0.4 is 5.32 Å². The summed E-state index contributed by atoms with van der Waals surface area (Å²) in [7, 11) is 0.788. The predicted octanol–water partition coefficient (Wildman–Crippen LogP) is 4.29. The number of carbonyl (C=O) groups is 1. The Kier molecular flexibility index (Phi) is 5.27. The second-order valence-electron chi connectivity index (χ2n) is 7.62. The molecule has 2 aromatic carbocycles. The van der Waals surface area contributed by atoms with Crippen molar-refractivity contribution in [3.63, 3.8) is 0 Å². The third-order valence-corrected chi connectivity index (χ3v) is 7.21. The summed E-state index contributed by atoms with van der Waals surface area (Å²) in [6, 6.07) is 11.3. The molecule has 0 saturated carbocycles. The Labute approximate surface area is 171 Å². The Morgan fingerprint density at radius 1 is 1.17 bits per heavy atom. The second kappa shape index (κ2) is 7.72. The third-order valence-electron chi connectivity index (χ3n) is 5.62. The van der Waals surface area contributed by atoms with Crippen LogP contribution in [0.25, 0.3) is 22.0 Å². The normalized spacial score (nSPS) is 23.6. The fraction of sp³-hybridized carbons (Fsp3) is 0.318. The van der Waals surface area contributed by atoms with Crippen LogP contribution in [0.2, 0.25) is 0 Å². The highest BCUT2D eigenvalue weighted by molar-refractivity contribution is 7.83. The predicted molar refractivity (Wildman–Crippen MR) is 113 cm³/mol. The van der Waals surface area contributed by atoms with Crippen molar-refractivity contribution in [2.75, 3.05) is 7.05 Å². The van der Waals surface area contributed by atoms with Gasteiger partial charge in [0.15, 0.2) is 0 Å². The molecule has 0 spiro atoms. The van der Waals surface area contributed by atoms with Crippen molar-refractivity contribution >= 4 is 27.8 Å². The van der Waals surface area contributed by atoms with Crippen molar-refractivity contribution in [1.29, 1.82) is 0 Å². The van der Waals surface area contributed by atoms with E-state index in [2.05, 4.69) is 23.3 Å². The SMILES string of the molecule is CC1CCC(=O)N1.CC1c2cc(-c3c[nH]c4cc(F)ccc34)ccc2S(=O)N1C. The van der Waals surface area contributed by atoms with E-state index in [1.165, 1.54) is 12.1 Å². The van der Waals surface area contributed by atoms with Crippen LogP contribution in [0.5, 0.6) is 0 Å². The molecule has 0 bridgehead atoms. The Morgan fingerprint density at radius 2 is 1.97 bits per heavy atom. The summed E-state index contributed by atoms with van der Waals surface area (Å²) in [5.74, 6) is -0.0482. The lowest BCUT2D eigenvalue weighted by Crippen LogP contribution is -2.21. The van der Waals surface area contributed by atoms with Gasteiger partial charge in [-0.2, -0.15) is 0 Å². The lowest BCUT2D eigenvalue weighted by molar-refractivity contribution is -0.119. The van der Waals surface area contributed by atoms with Crippen LogP contribution in [0.3, 0.4) is 0 Å². The second-order valence-corrected chi connectivity index (χ2v) is 9.14. The van der Waals surface area contributed by atoms with Gasteiger partial charge in [0.2, 0.25) is 5.91 Å². The van der Waals surface area contributed by atoms with Gasteiger partial charge in [0, 0.05) is 48.2 Å². The Balaban J connectivity index is 0.000000249. The lowest BCUT2D eigenvalue weighted by Gasteiger charge is -2.12. The van der Waals surface area contributed by atoms with E-state index < -0.39 is 11.0 Å². The molecule has 0 aliphatic carbocycles. The van der Waals surface area contributed by atoms with E-state index in [9.17, 15) is 13.4 Å². The van der Waals surface area contributed by atoms with Gasteiger partial charge in [-0.05, 0) is 61.7 Å². The molecule has 3 unspecified atom stereocenters. The van der Waals surface area contributed by atoms with Crippen molar-refractivity contribution < 1.29 is 13.4 Å². The Morgan fingerprint density at radius 3 is 2.62 bits per heavy atom. The fourth-order valence-corrected chi connectivity index (χ4v) is 5.13. The maximum atomic E-state index is 13.3. The van der Waals surface area contributed by atoms with Crippen molar-refractivity contribution in [3.05, 3.63) is 54.0 Å². The van der Waals surface area contributed by atoms with Crippen molar-refractivity contribution in [2.24, 2.45) is 0 Å². The zero-order valence-electron chi connectivity index (χ0n) is 16.7. The highest BCUT2D eigenvalue weighted by atomic mass is 32.2. The van der Waals surface area contributed by atoms with Crippen LogP contribution in [0.15, 0.2) is 47.5 Å². The largest absolute Gasteiger partial charge is 0.360 e. The molecular weight excluding hydrogens is 389 g/mol. The van der Waals surface area contributed by atoms with E-state index in [1.807, 2.05) is 36.6 Å². The molecule has 1 saturated heterocycles. The molecule has 7 heteroatoms. The number of aromatic amines is 1. The molecule has 3 aromatic rings. The molecule has 5 nitrogen and oxygen atoms in total. The molecule has 29 heavy (non-hydrogen) atoms. The summed E-state index contributed by atoms with van der Waals surface area (Å²) in [6.07, 6.45) is 3.63. The fourth-order valence-electron chi connectivity index (χ4n) is 3.80. The zero-order chi connectivity index (χ0) is 20.7. The van der Waals surface area contributed by atoms with E-state index in [0.29, 0.717) is 6.04 Å². The maximum absolute atomic E-state index is 13.3. The third kappa shape index (κ3) is 3.72. The molecule has 1 amide bonds. The standard InChI is InChI=1S/C17H15FN2OS.C5H9NO/c1-10-14-7-11(3-6-17(14)22(21)20(10)2)15-9-19-16-8-12(18)4-5-13(15)16;1-4-2-3-5(7)6-4/h3-10,19H,1-2H3;4H,2-3H2,1H3,(H,6,7). The minimum Gasteiger partial charge on any atom is -0.360 e. The van der Waals surface area contributed by atoms with Gasteiger partial charge < -0.3 is 10.3 Å². The van der Waals surface area contributed by atoms with Gasteiger partial charge in [0.05, 0.1) is 4.90 Å². The number of amides is 1. The molecule has 0 radical (unpaired) electrons. The molecule has 5 rings (SSSR count). The number of aromatic nitrogens is 1. The van der Waals surface area contributed by atoms with Gasteiger partial charge in [0.25, 0.3) is 0 Å². The monoisotopic (exact) mass is 413 g/mol. The van der Waals surface area contributed by atoms with Crippen LogP contribution >= 0.6 is 0 Å². The molecule has 2 N–H and O–H groups in total. The van der Waals surface area contributed by atoms with Gasteiger partial charge in [-0.1, -0.05) is 6.07 Å². The summed E-state index contributed by atoms with van der Waals surface area (Å²) < 4.78 is 27.4. The number of hydrogen-bond acceptors (Lipinski definition) is 2. The average molecular weight is 414 g/mol. The number of rotatable bonds is 1. The minimum absolute atomic E-state index is 0.124. The summed E-state index contributed by atoms with van der Waals surface area (Å²) >= 11 is 0. The number of benzene rings is 2. The van der Waals surface area contributed by atoms with Gasteiger partial charge in [-0.15, -0.1) is 0 Å². The Bertz CT molecular complexity index is 1110. The van der Waals surface area contributed by atoms with Crippen molar-refractivity contribution in [1.82, 2.24) is 14.6 Å². The van der Waals surface area contributed by atoms with E-state index in [-0.39, 0.29) is 17.8 Å². The molecule has 1 aromatic heterocycles. The summed E-state index contributed by atoms with van der Waals surface area (Å²) in [6.45, 7) is 4.07. The van der Waals surface area contributed by atoms with E-state index in [0.717, 1.165) is 45.3 Å². The molecule has 2 aliphatic heterocycles. The quantitative estimate of drug-likeness (QED) is 0.625. The zero-order valence-corrected chi connectivity index (χ0v) is 17.5. The number of fused-ring (bicyclic) bond motifs is 2. The minimum atomic E-state index is -1.08. The van der Waals surface area contributed by atoms with Crippen LogP contribution in [0, 0.1) is 5.82 Å². The number of hydrogen-bond donors (Lipinski definition) is 2. The summed E-state index contributed by atoms with van der Waals surface area (Å²) in [5, 5.41) is 3.77.